The van der Waals surface area contributed by atoms with Crippen molar-refractivity contribution in [1.82, 2.24) is 14.8 Å². The number of ether oxygens (including phenoxy) is 1. The maximum absolute atomic E-state index is 13.0. The maximum Gasteiger partial charge on any atom is 0.329 e. The minimum atomic E-state index is -0.937. The van der Waals surface area contributed by atoms with Crippen LogP contribution in [0.25, 0.3) is 22.4 Å². The predicted molar refractivity (Wildman–Crippen MR) is 126 cm³/mol. The van der Waals surface area contributed by atoms with Gasteiger partial charge in [-0.2, -0.15) is 5.10 Å². The van der Waals surface area contributed by atoms with Gasteiger partial charge >= 0.3 is 5.97 Å². The summed E-state index contributed by atoms with van der Waals surface area (Å²) in [5, 5.41) is 13.5. The van der Waals surface area contributed by atoms with Crippen LogP contribution in [0.3, 0.4) is 0 Å². The summed E-state index contributed by atoms with van der Waals surface area (Å²) in [6.07, 6.45) is 7.45. The predicted octanol–water partition coefficient (Wildman–Crippen LogP) is 4.19. The van der Waals surface area contributed by atoms with E-state index in [1.807, 2.05) is 43.3 Å². The van der Waals surface area contributed by atoms with Gasteiger partial charge in [0.15, 0.2) is 0 Å². The number of rotatable bonds is 8. The van der Waals surface area contributed by atoms with Crippen LogP contribution < -0.4 is 5.56 Å². The maximum atomic E-state index is 13.0. The Labute approximate surface area is 193 Å². The highest BCUT2D eigenvalue weighted by molar-refractivity contribution is 5.80. The number of hydrogen-bond donors (Lipinski definition) is 1. The lowest BCUT2D eigenvalue weighted by molar-refractivity contribution is -0.142. The van der Waals surface area contributed by atoms with Gasteiger partial charge in [-0.3, -0.25) is 9.78 Å². The lowest BCUT2D eigenvalue weighted by atomic mass is 9.82. The number of hydrogen-bond acceptors (Lipinski definition) is 5. The van der Waals surface area contributed by atoms with Crippen LogP contribution in [0.2, 0.25) is 0 Å². The first-order chi connectivity index (χ1) is 16.0. The van der Waals surface area contributed by atoms with Gasteiger partial charge in [-0.25, -0.2) is 9.48 Å². The van der Waals surface area contributed by atoms with Gasteiger partial charge in [0.05, 0.1) is 12.3 Å². The summed E-state index contributed by atoms with van der Waals surface area (Å²) in [5.41, 5.74) is 4.32. The average Bonchev–Trinajstić information content (AvgIpc) is 2.81. The topological polar surface area (TPSA) is 94.3 Å². The third kappa shape index (κ3) is 5.93. The SMILES string of the molecule is Cc1cncc(-c2cc(=O)n(C[C@H]3CC[C@H](COCC(=O)O)CC3)nc2-c2ccccc2)c1. The van der Waals surface area contributed by atoms with Crippen molar-refractivity contribution in [2.45, 2.75) is 39.2 Å². The molecule has 172 valence electrons. The third-order valence-corrected chi connectivity index (χ3v) is 6.21. The molecule has 1 aliphatic rings. The zero-order chi connectivity index (χ0) is 23.2. The number of carboxylic acid groups (broad SMARTS) is 1. The Bertz CT molecular complexity index is 1150. The summed E-state index contributed by atoms with van der Waals surface area (Å²) in [6, 6.07) is 13.6. The van der Waals surface area contributed by atoms with E-state index in [0.29, 0.717) is 25.0 Å². The van der Waals surface area contributed by atoms with Gasteiger partial charge in [0.1, 0.15) is 6.61 Å². The Morgan fingerprint density at radius 2 is 1.79 bits per heavy atom. The highest BCUT2D eigenvalue weighted by atomic mass is 16.5. The van der Waals surface area contributed by atoms with Crippen LogP contribution in [0, 0.1) is 18.8 Å². The normalized spacial score (nSPS) is 18.2. The molecule has 0 aliphatic heterocycles. The highest BCUT2D eigenvalue weighted by Gasteiger charge is 2.23. The second-order valence-electron chi connectivity index (χ2n) is 8.84. The van der Waals surface area contributed by atoms with E-state index in [9.17, 15) is 9.59 Å². The Morgan fingerprint density at radius 1 is 1.06 bits per heavy atom. The van der Waals surface area contributed by atoms with Gasteiger partial charge in [-0.05, 0) is 56.1 Å². The standard InChI is InChI=1S/C26H29N3O4/c1-18-11-22(14-27-13-18)23-12-24(30)29(28-26(23)21-5-3-2-4-6-21)15-19-7-9-20(10-8-19)16-33-17-25(31)32/h2-6,11-14,19-20H,7-10,15-17H2,1H3,(H,31,32)/t19-,20-. The minimum Gasteiger partial charge on any atom is -0.480 e. The number of carboxylic acids is 1. The smallest absolute Gasteiger partial charge is 0.329 e. The number of pyridine rings is 1. The lowest BCUT2D eigenvalue weighted by Crippen LogP contribution is -2.29. The number of carbonyl (C=O) groups is 1. The monoisotopic (exact) mass is 447 g/mol. The molecule has 0 unspecified atom stereocenters. The van der Waals surface area contributed by atoms with Crippen LogP contribution in [0.15, 0.2) is 59.7 Å². The zero-order valence-electron chi connectivity index (χ0n) is 18.8. The van der Waals surface area contributed by atoms with Crippen molar-refractivity contribution in [1.29, 1.82) is 0 Å². The van der Waals surface area contributed by atoms with Crippen LogP contribution in [0.5, 0.6) is 0 Å². The molecule has 0 bridgehead atoms. The van der Waals surface area contributed by atoms with E-state index >= 15 is 0 Å². The molecule has 1 aliphatic carbocycles. The summed E-state index contributed by atoms with van der Waals surface area (Å²) in [7, 11) is 0. The fraction of sp³-hybridized carbons (Fsp3) is 0.385. The van der Waals surface area contributed by atoms with Gasteiger partial charge in [0, 0.05) is 41.7 Å². The van der Waals surface area contributed by atoms with Crippen LogP contribution in [-0.2, 0) is 16.1 Å². The van der Waals surface area contributed by atoms with Gasteiger partial charge < -0.3 is 9.84 Å². The van der Waals surface area contributed by atoms with Crippen molar-refractivity contribution in [3.63, 3.8) is 0 Å². The summed E-state index contributed by atoms with van der Waals surface area (Å²) in [4.78, 5) is 28.0. The first kappa shape index (κ1) is 22.9. The largest absolute Gasteiger partial charge is 0.480 e. The molecule has 3 aromatic rings. The summed E-state index contributed by atoms with van der Waals surface area (Å²) in [5.74, 6) is -0.198. The number of aliphatic carboxylic acids is 1. The Hall–Kier alpha value is -3.32. The van der Waals surface area contributed by atoms with Gasteiger partial charge in [0.25, 0.3) is 5.56 Å². The van der Waals surface area contributed by atoms with Gasteiger partial charge in [0.2, 0.25) is 0 Å². The zero-order valence-corrected chi connectivity index (χ0v) is 18.8. The molecule has 7 nitrogen and oxygen atoms in total. The number of benzene rings is 1. The lowest BCUT2D eigenvalue weighted by Gasteiger charge is -2.28. The molecule has 7 heteroatoms. The van der Waals surface area contributed by atoms with Crippen molar-refractivity contribution in [2.75, 3.05) is 13.2 Å². The van der Waals surface area contributed by atoms with E-state index in [0.717, 1.165) is 53.6 Å². The molecular formula is C26H29N3O4. The summed E-state index contributed by atoms with van der Waals surface area (Å²) < 4.78 is 6.86. The van der Waals surface area contributed by atoms with Crippen LogP contribution in [0.4, 0.5) is 0 Å². The molecule has 0 atom stereocenters. The minimum absolute atomic E-state index is 0.113. The molecule has 1 fully saturated rings. The van der Waals surface area contributed by atoms with E-state index in [4.69, 9.17) is 14.9 Å². The average molecular weight is 448 g/mol. The number of aryl methyl sites for hydroxylation is 1. The fourth-order valence-electron chi connectivity index (χ4n) is 4.49. The van der Waals surface area contributed by atoms with Crippen LogP contribution in [-0.4, -0.2) is 39.1 Å². The molecule has 1 saturated carbocycles. The van der Waals surface area contributed by atoms with Crippen molar-refractivity contribution >= 4 is 5.97 Å². The van der Waals surface area contributed by atoms with Crippen LogP contribution in [0.1, 0.15) is 31.2 Å². The van der Waals surface area contributed by atoms with Crippen molar-refractivity contribution in [2.24, 2.45) is 11.8 Å². The fourth-order valence-corrected chi connectivity index (χ4v) is 4.49. The van der Waals surface area contributed by atoms with Crippen LogP contribution >= 0.6 is 0 Å². The third-order valence-electron chi connectivity index (χ3n) is 6.21. The molecule has 1 aromatic carbocycles. The molecule has 0 radical (unpaired) electrons. The number of nitrogens with zero attached hydrogens (tertiary/aromatic N) is 3. The summed E-state index contributed by atoms with van der Waals surface area (Å²) >= 11 is 0. The van der Waals surface area contributed by atoms with Gasteiger partial charge in [-0.15, -0.1) is 0 Å². The molecule has 2 heterocycles. The van der Waals surface area contributed by atoms with Crippen molar-refractivity contribution in [3.05, 3.63) is 70.8 Å². The molecule has 0 saturated heterocycles. The molecule has 4 rings (SSSR count). The molecule has 1 N–H and O–H groups in total. The van der Waals surface area contributed by atoms with Gasteiger partial charge in [-0.1, -0.05) is 30.3 Å². The first-order valence-corrected chi connectivity index (χ1v) is 11.4. The molecule has 2 aromatic heterocycles. The Kier molecular flexibility index (Phi) is 7.29. The Morgan fingerprint density at radius 3 is 2.48 bits per heavy atom. The van der Waals surface area contributed by atoms with E-state index in [1.165, 1.54) is 0 Å². The molecule has 0 amide bonds. The number of aromatic nitrogens is 3. The molecule has 0 spiro atoms. The van der Waals surface area contributed by atoms with E-state index in [2.05, 4.69) is 4.98 Å². The highest BCUT2D eigenvalue weighted by Crippen LogP contribution is 2.31. The summed E-state index contributed by atoms with van der Waals surface area (Å²) in [6.45, 7) is 2.79. The second-order valence-corrected chi connectivity index (χ2v) is 8.84. The quantitative estimate of drug-likeness (QED) is 0.556. The van der Waals surface area contributed by atoms with Crippen molar-refractivity contribution < 1.29 is 14.6 Å². The molecular weight excluding hydrogens is 418 g/mol. The van der Waals surface area contributed by atoms with E-state index < -0.39 is 5.97 Å². The van der Waals surface area contributed by atoms with E-state index in [-0.39, 0.29) is 12.2 Å². The Balaban J connectivity index is 1.54. The first-order valence-electron chi connectivity index (χ1n) is 11.4. The second kappa shape index (κ2) is 10.5. The molecule has 33 heavy (non-hydrogen) atoms. The van der Waals surface area contributed by atoms with Crippen molar-refractivity contribution in [3.8, 4) is 22.4 Å². The van der Waals surface area contributed by atoms with E-state index in [1.54, 1.807) is 23.1 Å².